The van der Waals surface area contributed by atoms with Crippen LogP contribution in [0.15, 0.2) is 23.3 Å². The third-order valence-corrected chi connectivity index (χ3v) is 2.95. The van der Waals surface area contributed by atoms with Gasteiger partial charge in [-0.3, -0.25) is 4.79 Å². The van der Waals surface area contributed by atoms with Gasteiger partial charge in [0.05, 0.1) is 0 Å². The molecule has 0 radical (unpaired) electrons. The summed E-state index contributed by atoms with van der Waals surface area (Å²) < 4.78 is 0. The van der Waals surface area contributed by atoms with E-state index in [1.165, 1.54) is 11.1 Å². The van der Waals surface area contributed by atoms with E-state index in [1.807, 2.05) is 18.7 Å². The van der Waals surface area contributed by atoms with Crippen LogP contribution in [-0.4, -0.2) is 23.9 Å². The molecule has 18 heavy (non-hydrogen) atoms. The van der Waals surface area contributed by atoms with Crippen LogP contribution < -0.4 is 0 Å². The zero-order chi connectivity index (χ0) is 14.0. The molecule has 104 valence electrons. The molecule has 0 heterocycles. The predicted octanol–water partition coefficient (Wildman–Crippen LogP) is 4.33. The molecule has 0 spiro atoms. The molecular formula is C16H29NO. The number of carbonyl (C=O) groups excluding carboxylic acids is 1. The van der Waals surface area contributed by atoms with Crippen molar-refractivity contribution in [3.8, 4) is 0 Å². The van der Waals surface area contributed by atoms with Gasteiger partial charge in [0.2, 0.25) is 5.91 Å². The molecule has 0 aliphatic rings. The van der Waals surface area contributed by atoms with Gasteiger partial charge in [-0.2, -0.15) is 0 Å². The van der Waals surface area contributed by atoms with Crippen LogP contribution in [0.3, 0.4) is 0 Å². The Morgan fingerprint density at radius 2 is 1.72 bits per heavy atom. The molecule has 0 atom stereocenters. The SMILES string of the molecule is CCCC(=O)N(CC)CC=C(C)CCC=C(C)C. The quantitative estimate of drug-likeness (QED) is 0.588. The third kappa shape index (κ3) is 8.10. The van der Waals surface area contributed by atoms with E-state index in [2.05, 4.69) is 32.9 Å². The average Bonchev–Trinajstić information content (AvgIpc) is 2.29. The lowest BCUT2D eigenvalue weighted by molar-refractivity contribution is -0.130. The summed E-state index contributed by atoms with van der Waals surface area (Å²) in [5, 5.41) is 0. The van der Waals surface area contributed by atoms with Crippen molar-refractivity contribution in [2.24, 2.45) is 0 Å². The van der Waals surface area contributed by atoms with Crippen LogP contribution in [0.2, 0.25) is 0 Å². The second-order valence-electron chi connectivity index (χ2n) is 5.05. The van der Waals surface area contributed by atoms with E-state index in [4.69, 9.17) is 0 Å². The van der Waals surface area contributed by atoms with Crippen LogP contribution in [0.25, 0.3) is 0 Å². The highest BCUT2D eigenvalue weighted by Gasteiger charge is 2.08. The first-order valence-electron chi connectivity index (χ1n) is 7.08. The summed E-state index contributed by atoms with van der Waals surface area (Å²) in [6.07, 6.45) is 8.23. The average molecular weight is 251 g/mol. The molecule has 0 saturated heterocycles. The third-order valence-electron chi connectivity index (χ3n) is 2.95. The van der Waals surface area contributed by atoms with Crippen LogP contribution >= 0.6 is 0 Å². The van der Waals surface area contributed by atoms with Crippen molar-refractivity contribution < 1.29 is 4.79 Å². The number of hydrogen-bond acceptors (Lipinski definition) is 1. The van der Waals surface area contributed by atoms with Gasteiger partial charge in [-0.25, -0.2) is 0 Å². The highest BCUT2D eigenvalue weighted by molar-refractivity contribution is 5.76. The van der Waals surface area contributed by atoms with Crippen LogP contribution in [0, 0.1) is 0 Å². The second-order valence-corrected chi connectivity index (χ2v) is 5.05. The van der Waals surface area contributed by atoms with E-state index in [9.17, 15) is 4.79 Å². The number of amides is 1. The lowest BCUT2D eigenvalue weighted by Gasteiger charge is -2.19. The minimum Gasteiger partial charge on any atom is -0.339 e. The summed E-state index contributed by atoms with van der Waals surface area (Å²) >= 11 is 0. The summed E-state index contributed by atoms with van der Waals surface area (Å²) in [7, 11) is 0. The van der Waals surface area contributed by atoms with Crippen molar-refractivity contribution in [1.82, 2.24) is 4.90 Å². The maximum absolute atomic E-state index is 11.8. The molecule has 0 saturated carbocycles. The maximum Gasteiger partial charge on any atom is 0.222 e. The van der Waals surface area contributed by atoms with Gasteiger partial charge in [0, 0.05) is 19.5 Å². The van der Waals surface area contributed by atoms with E-state index in [0.717, 1.165) is 32.4 Å². The minimum absolute atomic E-state index is 0.272. The number of hydrogen-bond donors (Lipinski definition) is 0. The van der Waals surface area contributed by atoms with Crippen molar-refractivity contribution in [2.75, 3.05) is 13.1 Å². The Balaban J connectivity index is 4.15. The van der Waals surface area contributed by atoms with Gasteiger partial charge in [0.1, 0.15) is 0 Å². The summed E-state index contributed by atoms with van der Waals surface area (Å²) in [4.78, 5) is 13.7. The van der Waals surface area contributed by atoms with Crippen LogP contribution in [0.5, 0.6) is 0 Å². The number of rotatable bonds is 8. The lowest BCUT2D eigenvalue weighted by Crippen LogP contribution is -2.30. The molecule has 0 aromatic heterocycles. The van der Waals surface area contributed by atoms with E-state index < -0.39 is 0 Å². The highest BCUT2D eigenvalue weighted by Crippen LogP contribution is 2.07. The van der Waals surface area contributed by atoms with E-state index >= 15 is 0 Å². The van der Waals surface area contributed by atoms with Gasteiger partial charge in [0.25, 0.3) is 0 Å². The summed E-state index contributed by atoms with van der Waals surface area (Å²) in [5.74, 6) is 0.272. The summed E-state index contributed by atoms with van der Waals surface area (Å²) in [6, 6.07) is 0. The van der Waals surface area contributed by atoms with Crippen molar-refractivity contribution in [1.29, 1.82) is 0 Å². The molecule has 2 nitrogen and oxygen atoms in total. The fourth-order valence-corrected chi connectivity index (χ4v) is 1.74. The molecule has 1 amide bonds. The number of likely N-dealkylation sites (N-methyl/N-ethyl adjacent to an activating group) is 1. The Kier molecular flexibility index (Phi) is 9.35. The zero-order valence-corrected chi connectivity index (χ0v) is 12.8. The fourth-order valence-electron chi connectivity index (χ4n) is 1.74. The molecule has 0 rings (SSSR count). The van der Waals surface area contributed by atoms with Gasteiger partial charge >= 0.3 is 0 Å². The summed E-state index contributed by atoms with van der Waals surface area (Å²) in [6.45, 7) is 12.1. The van der Waals surface area contributed by atoms with E-state index in [-0.39, 0.29) is 5.91 Å². The highest BCUT2D eigenvalue weighted by atomic mass is 16.2. The molecule has 0 unspecified atom stereocenters. The van der Waals surface area contributed by atoms with Crippen molar-refractivity contribution in [3.05, 3.63) is 23.3 Å². The Hall–Kier alpha value is -1.05. The Morgan fingerprint density at radius 3 is 2.22 bits per heavy atom. The maximum atomic E-state index is 11.8. The largest absolute Gasteiger partial charge is 0.339 e. The molecule has 0 aliphatic carbocycles. The normalized spacial score (nSPS) is 11.3. The fraction of sp³-hybridized carbons (Fsp3) is 0.688. The Morgan fingerprint density at radius 1 is 1.06 bits per heavy atom. The first-order chi connectivity index (χ1) is 8.51. The predicted molar refractivity (Wildman–Crippen MR) is 79.6 cm³/mol. The van der Waals surface area contributed by atoms with Gasteiger partial charge in [-0.05, 0) is 47.0 Å². The smallest absolute Gasteiger partial charge is 0.222 e. The van der Waals surface area contributed by atoms with Crippen molar-refractivity contribution in [3.63, 3.8) is 0 Å². The number of carbonyl (C=O) groups is 1. The first-order valence-corrected chi connectivity index (χ1v) is 7.08. The summed E-state index contributed by atoms with van der Waals surface area (Å²) in [5.41, 5.74) is 2.74. The zero-order valence-electron chi connectivity index (χ0n) is 12.8. The van der Waals surface area contributed by atoms with Gasteiger partial charge in [-0.1, -0.05) is 30.2 Å². The lowest BCUT2D eigenvalue weighted by atomic mass is 10.1. The van der Waals surface area contributed by atoms with Crippen molar-refractivity contribution >= 4 is 5.91 Å². The number of nitrogens with zero attached hydrogens (tertiary/aromatic N) is 1. The molecule has 0 bridgehead atoms. The Bertz CT molecular complexity index is 298. The second kappa shape index (κ2) is 9.93. The van der Waals surface area contributed by atoms with Crippen molar-refractivity contribution in [2.45, 2.75) is 60.3 Å². The van der Waals surface area contributed by atoms with Gasteiger partial charge in [0.15, 0.2) is 0 Å². The van der Waals surface area contributed by atoms with Gasteiger partial charge in [-0.15, -0.1) is 0 Å². The molecule has 0 aromatic rings. The monoisotopic (exact) mass is 251 g/mol. The first kappa shape index (κ1) is 16.9. The van der Waals surface area contributed by atoms with E-state index in [1.54, 1.807) is 0 Å². The molecular weight excluding hydrogens is 222 g/mol. The molecule has 0 aliphatic heterocycles. The van der Waals surface area contributed by atoms with E-state index in [0.29, 0.717) is 6.42 Å². The topological polar surface area (TPSA) is 20.3 Å². The van der Waals surface area contributed by atoms with Crippen LogP contribution in [0.4, 0.5) is 0 Å². The molecule has 0 aromatic carbocycles. The number of allylic oxidation sites excluding steroid dienone is 3. The molecule has 2 heteroatoms. The standard InChI is InChI=1S/C16H29NO/c1-6-9-16(18)17(7-2)13-12-15(5)11-8-10-14(3)4/h10,12H,6-9,11,13H2,1-5H3. The van der Waals surface area contributed by atoms with Crippen LogP contribution in [0.1, 0.15) is 60.3 Å². The van der Waals surface area contributed by atoms with Gasteiger partial charge < -0.3 is 4.90 Å². The van der Waals surface area contributed by atoms with Crippen LogP contribution in [-0.2, 0) is 4.79 Å². The molecule has 0 N–H and O–H groups in total. The molecule has 0 fully saturated rings. The minimum atomic E-state index is 0.272. The Labute approximate surface area is 113 Å².